The summed E-state index contributed by atoms with van der Waals surface area (Å²) in [6.07, 6.45) is 4.57. The summed E-state index contributed by atoms with van der Waals surface area (Å²) in [6, 6.07) is 10.4. The normalized spacial score (nSPS) is 12.9. The number of nitrogens with zero attached hydrogens (tertiary/aromatic N) is 2. The van der Waals surface area contributed by atoms with Gasteiger partial charge in [-0.15, -0.1) is 0 Å². The van der Waals surface area contributed by atoms with Crippen molar-refractivity contribution in [1.29, 1.82) is 0 Å². The number of sulfonamides is 1. The smallest absolute Gasteiger partial charge is 0.238 e. The van der Waals surface area contributed by atoms with Gasteiger partial charge in [0, 0.05) is 24.2 Å². The molecular weight excluding hydrogens is 420 g/mol. The summed E-state index contributed by atoms with van der Waals surface area (Å²) in [5.74, 6) is 0.364. The molecule has 0 saturated heterocycles. The Labute approximate surface area is 183 Å². The molecule has 1 atom stereocenters. The Hall–Kier alpha value is -2.10. The van der Waals surface area contributed by atoms with Crippen LogP contribution in [0.15, 0.2) is 41.8 Å². The Morgan fingerprint density at radius 3 is 2.63 bits per heavy atom. The van der Waals surface area contributed by atoms with Gasteiger partial charge in [-0.3, -0.25) is 9.48 Å². The first-order valence-corrected chi connectivity index (χ1v) is 12.8. The van der Waals surface area contributed by atoms with E-state index in [1.165, 1.54) is 6.08 Å². The van der Waals surface area contributed by atoms with Crippen LogP contribution in [0.25, 0.3) is 6.08 Å². The highest BCUT2D eigenvalue weighted by Gasteiger charge is 2.22. The van der Waals surface area contributed by atoms with Crippen molar-refractivity contribution in [3.05, 3.63) is 58.8 Å². The zero-order chi connectivity index (χ0) is 22.0. The number of aryl methyl sites for hydroxylation is 3. The number of carbonyl (C=O) groups excluding carboxylic acids is 1. The maximum atomic E-state index is 12.6. The van der Waals surface area contributed by atoms with Crippen molar-refractivity contribution < 1.29 is 13.2 Å². The van der Waals surface area contributed by atoms with Gasteiger partial charge in [-0.1, -0.05) is 30.3 Å². The summed E-state index contributed by atoms with van der Waals surface area (Å²) >= 11 is 1.57. The fourth-order valence-electron chi connectivity index (χ4n) is 2.91. The van der Waals surface area contributed by atoms with Gasteiger partial charge >= 0.3 is 0 Å². The Balaban J connectivity index is 1.90. The lowest BCUT2D eigenvalue weighted by Gasteiger charge is -2.17. The molecular formula is C21H30N4O3S2. The SMILES string of the molecule is CSCC[C@@H](NS(=O)(=O)/C=C/c1ccccc1)C(=O)NCCCn1nc(C)cc1C. The Bertz CT molecular complexity index is 940. The second kappa shape index (κ2) is 11.9. The summed E-state index contributed by atoms with van der Waals surface area (Å²) in [5, 5.41) is 8.34. The summed E-state index contributed by atoms with van der Waals surface area (Å²) in [5.41, 5.74) is 2.82. The van der Waals surface area contributed by atoms with E-state index in [4.69, 9.17) is 0 Å². The molecule has 30 heavy (non-hydrogen) atoms. The molecule has 0 spiro atoms. The van der Waals surface area contributed by atoms with Crippen molar-refractivity contribution in [2.24, 2.45) is 0 Å². The van der Waals surface area contributed by atoms with Gasteiger partial charge in [0.2, 0.25) is 15.9 Å². The molecule has 0 aliphatic heterocycles. The Morgan fingerprint density at radius 2 is 2.00 bits per heavy atom. The highest BCUT2D eigenvalue weighted by Crippen LogP contribution is 2.07. The topological polar surface area (TPSA) is 93.1 Å². The van der Waals surface area contributed by atoms with E-state index in [9.17, 15) is 13.2 Å². The quantitative estimate of drug-likeness (QED) is 0.485. The zero-order valence-electron chi connectivity index (χ0n) is 17.7. The fraction of sp³-hybridized carbons (Fsp3) is 0.429. The first-order valence-electron chi connectivity index (χ1n) is 9.84. The van der Waals surface area contributed by atoms with Crippen LogP contribution < -0.4 is 10.0 Å². The van der Waals surface area contributed by atoms with Gasteiger partial charge in [0.05, 0.1) is 5.69 Å². The molecule has 0 unspecified atom stereocenters. The standard InChI is InChI=1S/C21H30N4O3S2/c1-17-16-18(2)25(23-17)13-7-12-22-21(26)20(10-14-29-3)24-30(27,28)15-11-19-8-5-4-6-9-19/h4-6,8-9,11,15-16,20,24H,7,10,12-14H2,1-3H3,(H,22,26)/b15-11+/t20-/m1/s1. The van der Waals surface area contributed by atoms with E-state index in [1.807, 2.05) is 61.2 Å². The van der Waals surface area contributed by atoms with Crippen LogP contribution in [0.3, 0.4) is 0 Å². The first kappa shape index (κ1) is 24.2. The van der Waals surface area contributed by atoms with Crippen LogP contribution in [-0.2, 0) is 21.4 Å². The molecule has 0 aliphatic rings. The average molecular weight is 451 g/mol. The molecule has 0 aliphatic carbocycles. The predicted octanol–water partition coefficient (Wildman–Crippen LogP) is 2.72. The number of aromatic nitrogens is 2. The summed E-state index contributed by atoms with van der Waals surface area (Å²) in [6.45, 7) is 5.09. The minimum Gasteiger partial charge on any atom is -0.355 e. The van der Waals surface area contributed by atoms with Crippen LogP contribution in [-0.4, -0.2) is 48.7 Å². The minimum atomic E-state index is -3.75. The van der Waals surface area contributed by atoms with Crippen LogP contribution in [0, 0.1) is 13.8 Å². The predicted molar refractivity (Wildman–Crippen MR) is 124 cm³/mol. The fourth-order valence-corrected chi connectivity index (χ4v) is 4.42. The molecule has 9 heteroatoms. The number of nitrogens with one attached hydrogen (secondary N) is 2. The second-order valence-electron chi connectivity index (χ2n) is 7.01. The number of hydrogen-bond donors (Lipinski definition) is 2. The van der Waals surface area contributed by atoms with E-state index < -0.39 is 16.1 Å². The summed E-state index contributed by atoms with van der Waals surface area (Å²) < 4.78 is 29.3. The molecule has 1 aromatic carbocycles. The molecule has 164 valence electrons. The number of amides is 1. The van der Waals surface area contributed by atoms with Gasteiger partial charge in [0.25, 0.3) is 0 Å². The monoisotopic (exact) mass is 450 g/mol. The molecule has 0 fully saturated rings. The third-order valence-electron chi connectivity index (χ3n) is 4.42. The third-order valence-corrected chi connectivity index (χ3v) is 6.17. The molecule has 1 aromatic heterocycles. The summed E-state index contributed by atoms with van der Waals surface area (Å²) in [7, 11) is -3.75. The number of hydrogen-bond acceptors (Lipinski definition) is 5. The number of benzene rings is 1. The van der Waals surface area contributed by atoms with Crippen LogP contribution >= 0.6 is 11.8 Å². The van der Waals surface area contributed by atoms with E-state index in [-0.39, 0.29) is 5.91 Å². The van der Waals surface area contributed by atoms with Crippen molar-refractivity contribution >= 4 is 33.8 Å². The van der Waals surface area contributed by atoms with Gasteiger partial charge < -0.3 is 5.32 Å². The van der Waals surface area contributed by atoms with Gasteiger partial charge in [0.15, 0.2) is 0 Å². The Morgan fingerprint density at radius 1 is 1.27 bits per heavy atom. The number of rotatable bonds is 12. The molecule has 0 bridgehead atoms. The van der Waals surface area contributed by atoms with E-state index in [1.54, 1.807) is 11.8 Å². The van der Waals surface area contributed by atoms with Crippen molar-refractivity contribution in [2.75, 3.05) is 18.6 Å². The maximum absolute atomic E-state index is 12.6. The van der Waals surface area contributed by atoms with Crippen LogP contribution in [0.4, 0.5) is 0 Å². The molecule has 0 saturated carbocycles. The highest BCUT2D eigenvalue weighted by atomic mass is 32.2. The lowest BCUT2D eigenvalue weighted by molar-refractivity contribution is -0.122. The van der Waals surface area contributed by atoms with Crippen molar-refractivity contribution in [2.45, 2.75) is 39.3 Å². The minimum absolute atomic E-state index is 0.311. The average Bonchev–Trinajstić information content (AvgIpc) is 3.04. The van der Waals surface area contributed by atoms with Crippen molar-refractivity contribution in [1.82, 2.24) is 19.8 Å². The molecule has 2 rings (SSSR count). The van der Waals surface area contributed by atoms with Gasteiger partial charge in [-0.25, -0.2) is 8.42 Å². The second-order valence-corrected chi connectivity index (χ2v) is 9.59. The molecule has 2 aromatic rings. The van der Waals surface area contributed by atoms with E-state index in [0.717, 1.165) is 22.4 Å². The zero-order valence-corrected chi connectivity index (χ0v) is 19.3. The lowest BCUT2D eigenvalue weighted by atomic mass is 10.2. The van der Waals surface area contributed by atoms with E-state index in [0.29, 0.717) is 31.7 Å². The molecule has 1 heterocycles. The van der Waals surface area contributed by atoms with Crippen LogP contribution in [0.5, 0.6) is 0 Å². The lowest BCUT2D eigenvalue weighted by Crippen LogP contribution is -2.46. The highest BCUT2D eigenvalue weighted by molar-refractivity contribution is 7.98. The number of carbonyl (C=O) groups is 1. The van der Waals surface area contributed by atoms with Gasteiger partial charge in [-0.2, -0.15) is 21.6 Å². The van der Waals surface area contributed by atoms with Crippen molar-refractivity contribution in [3.63, 3.8) is 0 Å². The van der Waals surface area contributed by atoms with Gasteiger partial charge in [0.1, 0.15) is 6.04 Å². The number of thioether (sulfide) groups is 1. The largest absolute Gasteiger partial charge is 0.355 e. The molecule has 7 nitrogen and oxygen atoms in total. The summed E-state index contributed by atoms with van der Waals surface area (Å²) in [4.78, 5) is 12.6. The maximum Gasteiger partial charge on any atom is 0.238 e. The Kier molecular flexibility index (Phi) is 9.61. The van der Waals surface area contributed by atoms with Gasteiger partial charge in [-0.05, 0) is 56.4 Å². The van der Waals surface area contributed by atoms with Crippen LogP contribution in [0.2, 0.25) is 0 Å². The molecule has 1 amide bonds. The third kappa shape index (κ3) is 8.33. The van der Waals surface area contributed by atoms with E-state index >= 15 is 0 Å². The first-order chi connectivity index (χ1) is 14.3. The van der Waals surface area contributed by atoms with Crippen LogP contribution in [0.1, 0.15) is 29.8 Å². The van der Waals surface area contributed by atoms with Crippen molar-refractivity contribution in [3.8, 4) is 0 Å². The molecule has 2 N–H and O–H groups in total. The van der Waals surface area contributed by atoms with E-state index in [2.05, 4.69) is 15.1 Å². The molecule has 0 radical (unpaired) electrons.